The number of hydrogen-bond donors (Lipinski definition) is 2. The third-order valence-corrected chi connectivity index (χ3v) is 5.06. The van der Waals surface area contributed by atoms with Crippen LogP contribution in [0.1, 0.15) is 31.2 Å². The molecule has 2 aromatic rings. The molecular formula is C22H25F2N3O2. The lowest BCUT2D eigenvalue weighted by atomic mass is 9.93. The van der Waals surface area contributed by atoms with Gasteiger partial charge in [-0.05, 0) is 61.1 Å². The minimum atomic E-state index is -0.397. The number of nitrogens with zero attached hydrogens (tertiary/aromatic N) is 1. The molecule has 0 aromatic heterocycles. The van der Waals surface area contributed by atoms with Crippen LogP contribution in [-0.2, 0) is 11.3 Å². The Hall–Kier alpha value is -2.96. The number of carbonyl (C=O) groups excluding carboxylic acids is 2. The number of benzene rings is 2. The van der Waals surface area contributed by atoms with Crippen molar-refractivity contribution in [2.24, 2.45) is 5.92 Å². The van der Waals surface area contributed by atoms with E-state index in [1.165, 1.54) is 24.3 Å². The van der Waals surface area contributed by atoms with E-state index in [0.717, 1.165) is 18.4 Å². The highest BCUT2D eigenvalue weighted by Crippen LogP contribution is 2.22. The number of likely N-dealkylation sites (tertiary alicyclic amines) is 1. The van der Waals surface area contributed by atoms with Gasteiger partial charge in [-0.2, -0.15) is 0 Å². The van der Waals surface area contributed by atoms with Crippen LogP contribution >= 0.6 is 0 Å². The second-order valence-electron chi connectivity index (χ2n) is 7.34. The van der Waals surface area contributed by atoms with E-state index in [1.54, 1.807) is 29.2 Å². The minimum Gasteiger partial charge on any atom is -0.352 e. The van der Waals surface area contributed by atoms with E-state index < -0.39 is 5.82 Å². The average molecular weight is 401 g/mol. The molecule has 0 saturated carbocycles. The maximum atomic E-state index is 13.3. The maximum absolute atomic E-state index is 13.3. The quantitative estimate of drug-likeness (QED) is 0.758. The van der Waals surface area contributed by atoms with Crippen LogP contribution in [-0.4, -0.2) is 29.9 Å². The van der Waals surface area contributed by atoms with Crippen LogP contribution in [0.15, 0.2) is 48.5 Å². The molecule has 3 amide bonds. The van der Waals surface area contributed by atoms with Gasteiger partial charge in [-0.15, -0.1) is 0 Å². The molecule has 2 aromatic carbocycles. The second-order valence-corrected chi connectivity index (χ2v) is 7.34. The fourth-order valence-corrected chi connectivity index (χ4v) is 3.48. The summed E-state index contributed by atoms with van der Waals surface area (Å²) in [6, 6.07) is 11.6. The third kappa shape index (κ3) is 6.55. The Kier molecular flexibility index (Phi) is 7.16. The molecule has 1 aliphatic rings. The Morgan fingerprint density at radius 2 is 1.86 bits per heavy atom. The molecule has 154 valence electrons. The predicted molar refractivity (Wildman–Crippen MR) is 107 cm³/mol. The van der Waals surface area contributed by atoms with Gasteiger partial charge in [-0.25, -0.2) is 13.6 Å². The predicted octanol–water partition coefficient (Wildman–Crippen LogP) is 4.31. The number of nitrogens with one attached hydrogen (secondary N) is 2. The summed E-state index contributed by atoms with van der Waals surface area (Å²) in [4.78, 5) is 26.3. The van der Waals surface area contributed by atoms with E-state index in [0.29, 0.717) is 38.2 Å². The molecular weight excluding hydrogens is 376 g/mol. The lowest BCUT2D eigenvalue weighted by molar-refractivity contribution is -0.121. The van der Waals surface area contributed by atoms with Gasteiger partial charge in [0.15, 0.2) is 0 Å². The van der Waals surface area contributed by atoms with Crippen molar-refractivity contribution in [1.82, 2.24) is 10.2 Å². The summed E-state index contributed by atoms with van der Waals surface area (Å²) in [6.45, 7) is 1.59. The lowest BCUT2D eigenvalue weighted by Crippen LogP contribution is -2.42. The maximum Gasteiger partial charge on any atom is 0.321 e. The number of halogens is 2. The molecule has 5 nitrogen and oxygen atoms in total. The van der Waals surface area contributed by atoms with Crippen LogP contribution in [0.2, 0.25) is 0 Å². The van der Waals surface area contributed by atoms with E-state index in [2.05, 4.69) is 10.6 Å². The van der Waals surface area contributed by atoms with Gasteiger partial charge >= 0.3 is 6.03 Å². The van der Waals surface area contributed by atoms with E-state index in [-0.39, 0.29) is 23.7 Å². The van der Waals surface area contributed by atoms with Crippen molar-refractivity contribution >= 4 is 17.6 Å². The smallest absolute Gasteiger partial charge is 0.321 e. The minimum absolute atomic E-state index is 0.0596. The highest BCUT2D eigenvalue weighted by molar-refractivity contribution is 5.89. The van der Waals surface area contributed by atoms with E-state index in [9.17, 15) is 18.4 Å². The zero-order chi connectivity index (χ0) is 20.6. The van der Waals surface area contributed by atoms with Gasteiger partial charge in [0.1, 0.15) is 11.6 Å². The zero-order valence-electron chi connectivity index (χ0n) is 16.2. The number of piperidine rings is 1. The first-order chi connectivity index (χ1) is 14.0. The highest BCUT2D eigenvalue weighted by Gasteiger charge is 2.24. The Labute approximate surface area is 169 Å². The first-order valence-corrected chi connectivity index (χ1v) is 9.82. The first kappa shape index (κ1) is 20.8. The van der Waals surface area contributed by atoms with Gasteiger partial charge in [-0.1, -0.05) is 18.2 Å². The summed E-state index contributed by atoms with van der Waals surface area (Å²) in [5.74, 6) is -0.511. The van der Waals surface area contributed by atoms with Crippen LogP contribution in [0.4, 0.5) is 19.3 Å². The summed E-state index contributed by atoms with van der Waals surface area (Å²) in [5.41, 5.74) is 1.27. The standard InChI is InChI=1S/C22H25F2N3O2/c23-18-9-6-16(7-10-18)14-25-21(28)11-8-17-3-2-12-27(15-17)22(29)26-20-5-1-4-19(24)13-20/h1,4-7,9-10,13,17H,2-3,8,11-12,14-15H2,(H,25,28)(H,26,29)/t17-/m1/s1. The van der Waals surface area contributed by atoms with Crippen LogP contribution in [0.3, 0.4) is 0 Å². The van der Waals surface area contributed by atoms with Crippen molar-refractivity contribution in [1.29, 1.82) is 0 Å². The molecule has 1 aliphatic heterocycles. The van der Waals surface area contributed by atoms with Gasteiger partial charge in [0.25, 0.3) is 0 Å². The number of carbonyl (C=O) groups is 2. The number of hydrogen-bond acceptors (Lipinski definition) is 2. The summed E-state index contributed by atoms with van der Waals surface area (Å²) < 4.78 is 26.2. The molecule has 3 rings (SSSR count). The second kappa shape index (κ2) is 10.0. The summed E-state index contributed by atoms with van der Waals surface area (Å²) in [5, 5.41) is 5.56. The highest BCUT2D eigenvalue weighted by atomic mass is 19.1. The third-order valence-electron chi connectivity index (χ3n) is 5.06. The molecule has 0 bridgehead atoms. The van der Waals surface area contributed by atoms with Crippen molar-refractivity contribution in [3.8, 4) is 0 Å². The average Bonchev–Trinajstić information content (AvgIpc) is 2.72. The van der Waals surface area contributed by atoms with Gasteiger partial charge in [0, 0.05) is 31.7 Å². The molecule has 29 heavy (non-hydrogen) atoms. The summed E-state index contributed by atoms with van der Waals surface area (Å²) in [7, 11) is 0. The van der Waals surface area contributed by atoms with Gasteiger partial charge < -0.3 is 15.5 Å². The molecule has 0 unspecified atom stereocenters. The zero-order valence-corrected chi connectivity index (χ0v) is 16.2. The lowest BCUT2D eigenvalue weighted by Gasteiger charge is -2.32. The van der Waals surface area contributed by atoms with Crippen LogP contribution in [0.5, 0.6) is 0 Å². The Morgan fingerprint density at radius 1 is 1.07 bits per heavy atom. The molecule has 1 saturated heterocycles. The summed E-state index contributed by atoms with van der Waals surface area (Å²) in [6.07, 6.45) is 2.91. The van der Waals surface area contributed by atoms with Crippen molar-refractivity contribution in [2.75, 3.05) is 18.4 Å². The molecule has 7 heteroatoms. The first-order valence-electron chi connectivity index (χ1n) is 9.82. The van der Waals surface area contributed by atoms with E-state index in [1.807, 2.05) is 0 Å². The molecule has 1 heterocycles. The number of rotatable bonds is 6. The normalized spacial score (nSPS) is 16.3. The van der Waals surface area contributed by atoms with Crippen LogP contribution in [0, 0.1) is 17.6 Å². The van der Waals surface area contributed by atoms with E-state index in [4.69, 9.17) is 0 Å². The van der Waals surface area contributed by atoms with Crippen molar-refractivity contribution < 1.29 is 18.4 Å². The molecule has 2 N–H and O–H groups in total. The fraction of sp³-hybridized carbons (Fsp3) is 0.364. The molecule has 0 spiro atoms. The number of anilines is 1. The molecule has 0 radical (unpaired) electrons. The Bertz CT molecular complexity index is 842. The topological polar surface area (TPSA) is 61.4 Å². The monoisotopic (exact) mass is 401 g/mol. The van der Waals surface area contributed by atoms with Gasteiger partial charge in [0.05, 0.1) is 0 Å². The van der Waals surface area contributed by atoms with Crippen LogP contribution in [0.25, 0.3) is 0 Å². The Balaban J connectivity index is 1.41. The van der Waals surface area contributed by atoms with Crippen molar-refractivity contribution in [2.45, 2.75) is 32.2 Å². The number of urea groups is 1. The van der Waals surface area contributed by atoms with Gasteiger partial charge in [-0.3, -0.25) is 4.79 Å². The molecule has 1 fully saturated rings. The largest absolute Gasteiger partial charge is 0.352 e. The summed E-state index contributed by atoms with van der Waals surface area (Å²) >= 11 is 0. The molecule has 1 atom stereocenters. The SMILES string of the molecule is O=C(CC[C@H]1CCCN(C(=O)Nc2cccc(F)c2)C1)NCc1ccc(F)cc1. The molecule has 0 aliphatic carbocycles. The van der Waals surface area contributed by atoms with Crippen molar-refractivity contribution in [3.05, 3.63) is 65.7 Å². The Morgan fingerprint density at radius 3 is 2.62 bits per heavy atom. The fourth-order valence-electron chi connectivity index (χ4n) is 3.48. The van der Waals surface area contributed by atoms with Crippen molar-refractivity contribution in [3.63, 3.8) is 0 Å². The van der Waals surface area contributed by atoms with E-state index >= 15 is 0 Å². The van der Waals surface area contributed by atoms with Gasteiger partial charge in [0.2, 0.25) is 5.91 Å². The van der Waals surface area contributed by atoms with Crippen LogP contribution < -0.4 is 10.6 Å². The number of amides is 3.